The van der Waals surface area contributed by atoms with Crippen molar-refractivity contribution in [3.63, 3.8) is 0 Å². The molecule has 9 heteroatoms. The van der Waals surface area contributed by atoms with Crippen LogP contribution in [-0.4, -0.2) is 41.4 Å². The smallest absolute Gasteiger partial charge is 0.265 e. The third-order valence-electron chi connectivity index (χ3n) is 4.08. The van der Waals surface area contributed by atoms with Crippen molar-refractivity contribution < 1.29 is 9.90 Å². The molecule has 1 saturated carbocycles. The van der Waals surface area contributed by atoms with E-state index in [1.54, 1.807) is 0 Å². The fourth-order valence-electron chi connectivity index (χ4n) is 2.68. The van der Waals surface area contributed by atoms with E-state index in [-0.39, 0.29) is 24.5 Å². The largest absolute Gasteiger partial charge is 0.388 e. The van der Waals surface area contributed by atoms with E-state index < -0.39 is 0 Å². The summed E-state index contributed by atoms with van der Waals surface area (Å²) in [5, 5.41) is 24.2. The zero-order chi connectivity index (χ0) is 15.7. The number of amides is 1. The lowest BCUT2D eigenvalue weighted by Crippen LogP contribution is -2.44. The first kappa shape index (κ1) is 15.0. The summed E-state index contributed by atoms with van der Waals surface area (Å²) in [7, 11) is 1.85. The van der Waals surface area contributed by atoms with Gasteiger partial charge in [-0.05, 0) is 30.8 Å². The van der Waals surface area contributed by atoms with Gasteiger partial charge in [-0.2, -0.15) is 0 Å². The van der Waals surface area contributed by atoms with Crippen LogP contribution in [-0.2, 0) is 20.1 Å². The molecule has 2 N–H and O–H groups in total. The molecule has 1 aliphatic carbocycles. The quantitative estimate of drug-likeness (QED) is 0.825. The van der Waals surface area contributed by atoms with E-state index in [0.29, 0.717) is 17.1 Å². The van der Waals surface area contributed by atoms with Gasteiger partial charge in [-0.25, -0.2) is 0 Å². The fraction of sp³-hybridized carbons (Fsp3) is 0.615. The summed E-state index contributed by atoms with van der Waals surface area (Å²) >= 11 is 1.14. The molecule has 0 unspecified atom stereocenters. The van der Waals surface area contributed by atoms with Gasteiger partial charge in [0.25, 0.3) is 5.91 Å². The standard InChI is InChI=1S/C13H18N6O2S/c1-3-9-11(22-18-15-9)13(21)14-8-4-7(5-8)12-17-16-10(6-20)19(12)2/h7-8,20H,3-6H2,1-2H3,(H,14,21). The molecule has 1 fully saturated rings. The molecule has 3 rings (SSSR count). The number of hydrogen-bond acceptors (Lipinski definition) is 7. The summed E-state index contributed by atoms with van der Waals surface area (Å²) in [4.78, 5) is 12.8. The highest BCUT2D eigenvalue weighted by atomic mass is 32.1. The molecule has 0 radical (unpaired) electrons. The molecule has 118 valence electrons. The van der Waals surface area contributed by atoms with Gasteiger partial charge in [0, 0.05) is 19.0 Å². The second kappa shape index (κ2) is 6.09. The molecule has 0 aliphatic heterocycles. The summed E-state index contributed by atoms with van der Waals surface area (Å²) < 4.78 is 5.66. The third-order valence-corrected chi connectivity index (χ3v) is 4.84. The highest BCUT2D eigenvalue weighted by Crippen LogP contribution is 2.36. The van der Waals surface area contributed by atoms with Crippen LogP contribution in [0.2, 0.25) is 0 Å². The normalized spacial score (nSPS) is 20.7. The Morgan fingerprint density at radius 1 is 1.41 bits per heavy atom. The summed E-state index contributed by atoms with van der Waals surface area (Å²) in [5.74, 6) is 1.60. The number of carbonyl (C=O) groups excluding carboxylic acids is 1. The molecule has 2 aromatic heterocycles. The van der Waals surface area contributed by atoms with E-state index in [1.807, 2.05) is 18.5 Å². The second-order valence-corrected chi connectivity index (χ2v) is 6.19. The Labute approximate surface area is 131 Å². The molecule has 1 amide bonds. The number of aromatic nitrogens is 5. The molecule has 2 aromatic rings. The minimum atomic E-state index is -0.117. The van der Waals surface area contributed by atoms with Crippen molar-refractivity contribution in [3.05, 3.63) is 22.2 Å². The van der Waals surface area contributed by atoms with Gasteiger partial charge in [-0.15, -0.1) is 15.3 Å². The fourth-order valence-corrected chi connectivity index (χ4v) is 3.33. The maximum atomic E-state index is 12.2. The number of aliphatic hydroxyl groups is 1. The van der Waals surface area contributed by atoms with Crippen LogP contribution in [0.1, 0.15) is 52.7 Å². The zero-order valence-corrected chi connectivity index (χ0v) is 13.3. The van der Waals surface area contributed by atoms with E-state index in [4.69, 9.17) is 5.11 Å². The van der Waals surface area contributed by atoms with Gasteiger partial charge >= 0.3 is 0 Å². The molecule has 0 aromatic carbocycles. The highest BCUT2D eigenvalue weighted by Gasteiger charge is 2.35. The number of rotatable bonds is 5. The summed E-state index contributed by atoms with van der Waals surface area (Å²) in [6, 6.07) is 0.138. The van der Waals surface area contributed by atoms with E-state index in [0.717, 1.165) is 35.9 Å². The first-order valence-corrected chi connectivity index (χ1v) is 8.02. The predicted molar refractivity (Wildman–Crippen MR) is 79.4 cm³/mol. The highest BCUT2D eigenvalue weighted by molar-refractivity contribution is 7.08. The van der Waals surface area contributed by atoms with Gasteiger partial charge in [-0.1, -0.05) is 11.4 Å². The predicted octanol–water partition coefficient (Wildman–Crippen LogP) is 0.397. The average molecular weight is 322 g/mol. The maximum Gasteiger partial charge on any atom is 0.265 e. The molecule has 0 bridgehead atoms. The Balaban J connectivity index is 1.57. The number of hydrogen-bond donors (Lipinski definition) is 2. The summed E-state index contributed by atoms with van der Waals surface area (Å²) in [6.45, 7) is 1.84. The van der Waals surface area contributed by atoms with Crippen LogP contribution in [0.15, 0.2) is 0 Å². The summed E-state index contributed by atoms with van der Waals surface area (Å²) in [6.07, 6.45) is 2.36. The molecular weight excluding hydrogens is 304 g/mol. The molecule has 0 atom stereocenters. The first-order valence-electron chi connectivity index (χ1n) is 7.25. The van der Waals surface area contributed by atoms with Crippen molar-refractivity contribution in [1.82, 2.24) is 29.7 Å². The van der Waals surface area contributed by atoms with Gasteiger partial charge in [0.15, 0.2) is 5.82 Å². The Kier molecular flexibility index (Phi) is 4.16. The van der Waals surface area contributed by atoms with Crippen LogP contribution < -0.4 is 5.32 Å². The molecular formula is C13H18N6O2S. The molecule has 1 aliphatic rings. The number of carbonyl (C=O) groups is 1. The second-order valence-electron chi connectivity index (χ2n) is 5.43. The van der Waals surface area contributed by atoms with Gasteiger partial charge < -0.3 is 15.0 Å². The van der Waals surface area contributed by atoms with Gasteiger partial charge in [0.1, 0.15) is 17.3 Å². The van der Waals surface area contributed by atoms with E-state index in [1.165, 1.54) is 0 Å². The van der Waals surface area contributed by atoms with Gasteiger partial charge in [0.2, 0.25) is 0 Å². The Morgan fingerprint density at radius 2 is 2.18 bits per heavy atom. The van der Waals surface area contributed by atoms with Crippen molar-refractivity contribution >= 4 is 17.4 Å². The minimum Gasteiger partial charge on any atom is -0.388 e. The van der Waals surface area contributed by atoms with Crippen LogP contribution in [0.25, 0.3) is 0 Å². The molecule has 8 nitrogen and oxygen atoms in total. The van der Waals surface area contributed by atoms with Crippen molar-refractivity contribution in [2.24, 2.45) is 7.05 Å². The SMILES string of the molecule is CCc1nnsc1C(=O)NC1CC(c2nnc(CO)n2C)C1. The van der Waals surface area contributed by atoms with Crippen molar-refractivity contribution in [3.8, 4) is 0 Å². The van der Waals surface area contributed by atoms with Crippen LogP contribution >= 0.6 is 11.5 Å². The van der Waals surface area contributed by atoms with Crippen LogP contribution in [0.4, 0.5) is 0 Å². The Morgan fingerprint density at radius 3 is 2.82 bits per heavy atom. The van der Waals surface area contributed by atoms with Crippen molar-refractivity contribution in [2.45, 2.75) is 44.8 Å². The lowest BCUT2D eigenvalue weighted by atomic mass is 9.79. The number of aliphatic hydroxyl groups excluding tert-OH is 1. The minimum absolute atomic E-state index is 0.0932. The lowest BCUT2D eigenvalue weighted by Gasteiger charge is -2.34. The van der Waals surface area contributed by atoms with Crippen LogP contribution in [0.3, 0.4) is 0 Å². The number of nitrogens with zero attached hydrogens (tertiary/aromatic N) is 5. The zero-order valence-electron chi connectivity index (χ0n) is 12.5. The van der Waals surface area contributed by atoms with Gasteiger partial charge in [-0.3, -0.25) is 4.79 Å². The monoisotopic (exact) mass is 322 g/mol. The van der Waals surface area contributed by atoms with Gasteiger partial charge in [0.05, 0.1) is 5.69 Å². The third kappa shape index (κ3) is 2.61. The Hall–Kier alpha value is -1.87. The molecule has 2 heterocycles. The van der Waals surface area contributed by atoms with Crippen LogP contribution in [0.5, 0.6) is 0 Å². The lowest BCUT2D eigenvalue weighted by molar-refractivity contribution is 0.0910. The average Bonchev–Trinajstić information content (AvgIpc) is 3.08. The van der Waals surface area contributed by atoms with E-state index >= 15 is 0 Å². The molecule has 0 spiro atoms. The topological polar surface area (TPSA) is 106 Å². The maximum absolute atomic E-state index is 12.2. The molecule has 22 heavy (non-hydrogen) atoms. The Bertz CT molecular complexity index is 676. The number of aryl methyl sites for hydroxylation is 1. The van der Waals surface area contributed by atoms with Crippen LogP contribution in [0, 0.1) is 0 Å². The van der Waals surface area contributed by atoms with Crippen molar-refractivity contribution in [2.75, 3.05) is 0 Å². The number of nitrogens with one attached hydrogen (secondary N) is 1. The van der Waals surface area contributed by atoms with E-state index in [9.17, 15) is 4.79 Å². The summed E-state index contributed by atoms with van der Waals surface area (Å²) in [5.41, 5.74) is 0.749. The molecule has 0 saturated heterocycles. The van der Waals surface area contributed by atoms with Crippen molar-refractivity contribution in [1.29, 1.82) is 0 Å². The first-order chi connectivity index (χ1) is 10.6. The van der Waals surface area contributed by atoms with E-state index in [2.05, 4.69) is 25.1 Å².